The van der Waals surface area contributed by atoms with Gasteiger partial charge in [-0.25, -0.2) is 4.98 Å². The molecule has 0 aliphatic carbocycles. The van der Waals surface area contributed by atoms with Crippen LogP contribution in [0.5, 0.6) is 0 Å². The molecule has 144 valence electrons. The normalized spacial score (nSPS) is 13.5. The minimum atomic E-state index is -4.45. The second-order valence-corrected chi connectivity index (χ2v) is 7.76. The Hall–Kier alpha value is -2.01. The fraction of sp³-hybridized carbons (Fsp3) is 0.381. The van der Waals surface area contributed by atoms with E-state index in [9.17, 15) is 13.2 Å². The van der Waals surface area contributed by atoms with Gasteiger partial charge in [0.05, 0.1) is 21.6 Å². The number of imidazole rings is 1. The fourth-order valence-electron chi connectivity index (χ4n) is 3.44. The van der Waals surface area contributed by atoms with Crippen molar-refractivity contribution in [1.29, 1.82) is 0 Å². The third-order valence-corrected chi connectivity index (χ3v) is 5.23. The van der Waals surface area contributed by atoms with Gasteiger partial charge in [-0.2, -0.15) is 13.2 Å². The van der Waals surface area contributed by atoms with Crippen LogP contribution in [-0.2, 0) is 19.6 Å². The van der Waals surface area contributed by atoms with Crippen molar-refractivity contribution in [2.75, 3.05) is 0 Å². The Bertz CT molecular complexity index is 973. The molecule has 0 bridgehead atoms. The molecule has 2 nitrogen and oxygen atoms in total. The first kappa shape index (κ1) is 19.7. The summed E-state index contributed by atoms with van der Waals surface area (Å²) in [6.45, 7) is 6.13. The van der Waals surface area contributed by atoms with E-state index in [0.717, 1.165) is 28.5 Å². The molecular weight excluding hydrogens is 373 g/mol. The first-order valence-electron chi connectivity index (χ1n) is 8.89. The minimum absolute atomic E-state index is 0.0707. The van der Waals surface area contributed by atoms with E-state index in [0.29, 0.717) is 17.9 Å². The zero-order valence-electron chi connectivity index (χ0n) is 15.7. The van der Waals surface area contributed by atoms with E-state index in [-0.39, 0.29) is 10.9 Å². The Kier molecular flexibility index (Phi) is 5.26. The molecular formula is C21H22ClF3N2. The fourth-order valence-corrected chi connectivity index (χ4v) is 3.66. The summed E-state index contributed by atoms with van der Waals surface area (Å²) in [4.78, 5) is 4.66. The summed E-state index contributed by atoms with van der Waals surface area (Å²) in [5.41, 5.74) is 2.88. The van der Waals surface area contributed by atoms with Crippen LogP contribution in [0.15, 0.2) is 36.4 Å². The molecule has 1 heterocycles. The van der Waals surface area contributed by atoms with Crippen LogP contribution in [0.3, 0.4) is 0 Å². The Morgan fingerprint density at radius 2 is 1.78 bits per heavy atom. The van der Waals surface area contributed by atoms with Crippen LogP contribution in [-0.4, -0.2) is 9.55 Å². The van der Waals surface area contributed by atoms with Crippen LogP contribution in [0, 0.1) is 0 Å². The van der Waals surface area contributed by atoms with E-state index in [1.54, 1.807) is 6.07 Å². The summed E-state index contributed by atoms with van der Waals surface area (Å²) < 4.78 is 41.4. The molecule has 0 N–H and O–H groups in total. The Morgan fingerprint density at radius 3 is 2.41 bits per heavy atom. The molecule has 0 saturated heterocycles. The van der Waals surface area contributed by atoms with Crippen molar-refractivity contribution in [3.63, 3.8) is 0 Å². The van der Waals surface area contributed by atoms with Gasteiger partial charge in [-0.1, -0.05) is 44.5 Å². The van der Waals surface area contributed by atoms with Crippen molar-refractivity contribution < 1.29 is 13.2 Å². The summed E-state index contributed by atoms with van der Waals surface area (Å²) in [7, 11) is 1.99. The molecule has 0 spiro atoms. The lowest BCUT2D eigenvalue weighted by atomic mass is 9.92. The number of aromatic nitrogens is 2. The zero-order chi connectivity index (χ0) is 19.9. The highest BCUT2D eigenvalue weighted by Gasteiger charge is 2.33. The molecule has 27 heavy (non-hydrogen) atoms. The lowest BCUT2D eigenvalue weighted by Crippen LogP contribution is -2.08. The predicted octanol–water partition coefficient (Wildman–Crippen LogP) is 6.72. The molecule has 3 rings (SSSR count). The Balaban J connectivity index is 1.90. The van der Waals surface area contributed by atoms with Gasteiger partial charge in [0.2, 0.25) is 0 Å². The summed E-state index contributed by atoms with van der Waals surface area (Å²) >= 11 is 5.73. The van der Waals surface area contributed by atoms with Gasteiger partial charge in [-0.15, -0.1) is 0 Å². The number of aryl methyl sites for hydroxylation is 1. The van der Waals surface area contributed by atoms with Crippen LogP contribution in [0.25, 0.3) is 11.0 Å². The average molecular weight is 395 g/mol. The quantitative estimate of drug-likeness (QED) is 0.480. The van der Waals surface area contributed by atoms with Crippen LogP contribution in [0.4, 0.5) is 13.2 Å². The second kappa shape index (κ2) is 7.19. The summed E-state index contributed by atoms with van der Waals surface area (Å²) in [6.07, 6.45) is -3.81. The molecule has 0 aliphatic heterocycles. The largest absolute Gasteiger partial charge is 0.417 e. The predicted molar refractivity (Wildman–Crippen MR) is 103 cm³/mol. The van der Waals surface area contributed by atoms with Gasteiger partial charge in [0.15, 0.2) is 0 Å². The lowest BCUT2D eigenvalue weighted by molar-refractivity contribution is -0.137. The molecule has 1 unspecified atom stereocenters. The van der Waals surface area contributed by atoms with Gasteiger partial charge in [0.1, 0.15) is 5.82 Å². The smallest absolute Gasteiger partial charge is 0.331 e. The Labute approximate surface area is 162 Å². The SMILES string of the molecule is CC(C)c1nc2ccc(CC(C)c3ccc(Cl)c(C(F)(F)F)c3)cc2n1C. The van der Waals surface area contributed by atoms with Crippen molar-refractivity contribution >= 4 is 22.6 Å². The van der Waals surface area contributed by atoms with E-state index >= 15 is 0 Å². The number of alkyl halides is 3. The summed E-state index contributed by atoms with van der Waals surface area (Å²) in [6, 6.07) is 10.2. The molecule has 3 aromatic rings. The van der Waals surface area contributed by atoms with E-state index in [1.807, 2.05) is 26.1 Å². The Morgan fingerprint density at radius 1 is 1.07 bits per heavy atom. The summed E-state index contributed by atoms with van der Waals surface area (Å²) in [5.74, 6) is 1.26. The standard InChI is InChI=1S/C21H22ClF3N2/c1-12(2)20-26-18-8-5-14(10-19(18)27(20)4)9-13(3)15-6-7-17(22)16(11-15)21(23,24)25/h5-8,10-13H,9H2,1-4H3. The highest BCUT2D eigenvalue weighted by atomic mass is 35.5. The van der Waals surface area contributed by atoms with Crippen molar-refractivity contribution in [3.8, 4) is 0 Å². The third-order valence-electron chi connectivity index (χ3n) is 4.90. The first-order chi connectivity index (χ1) is 12.6. The second-order valence-electron chi connectivity index (χ2n) is 7.35. The number of hydrogen-bond acceptors (Lipinski definition) is 1. The van der Waals surface area contributed by atoms with Crippen molar-refractivity contribution in [1.82, 2.24) is 9.55 Å². The first-order valence-corrected chi connectivity index (χ1v) is 9.27. The van der Waals surface area contributed by atoms with Gasteiger partial charge >= 0.3 is 6.18 Å². The van der Waals surface area contributed by atoms with Crippen LogP contribution in [0.1, 0.15) is 55.1 Å². The van der Waals surface area contributed by atoms with Gasteiger partial charge in [-0.05, 0) is 47.7 Å². The van der Waals surface area contributed by atoms with Crippen LogP contribution in [0.2, 0.25) is 5.02 Å². The van der Waals surface area contributed by atoms with Crippen LogP contribution >= 0.6 is 11.6 Å². The molecule has 6 heteroatoms. The molecule has 1 atom stereocenters. The molecule has 0 saturated carbocycles. The third kappa shape index (κ3) is 3.98. The number of fused-ring (bicyclic) bond motifs is 1. The maximum absolute atomic E-state index is 13.1. The van der Waals surface area contributed by atoms with Gasteiger partial charge < -0.3 is 4.57 Å². The molecule has 2 aromatic carbocycles. The van der Waals surface area contributed by atoms with E-state index in [2.05, 4.69) is 29.5 Å². The summed E-state index contributed by atoms with van der Waals surface area (Å²) in [5, 5.41) is -0.268. The molecule has 0 aliphatic rings. The van der Waals surface area contributed by atoms with Crippen LogP contribution < -0.4 is 0 Å². The topological polar surface area (TPSA) is 17.8 Å². The maximum atomic E-state index is 13.1. The van der Waals surface area contributed by atoms with Gasteiger partial charge in [0.25, 0.3) is 0 Å². The van der Waals surface area contributed by atoms with E-state index < -0.39 is 11.7 Å². The lowest BCUT2D eigenvalue weighted by Gasteiger charge is -2.16. The van der Waals surface area contributed by atoms with Crippen molar-refractivity contribution in [2.24, 2.45) is 7.05 Å². The monoisotopic (exact) mass is 394 g/mol. The van der Waals surface area contributed by atoms with Crippen molar-refractivity contribution in [2.45, 2.75) is 45.2 Å². The zero-order valence-corrected chi connectivity index (χ0v) is 16.5. The van der Waals surface area contributed by atoms with Gasteiger partial charge in [0, 0.05) is 13.0 Å². The highest BCUT2D eigenvalue weighted by Crippen LogP contribution is 2.37. The molecule has 0 radical (unpaired) electrons. The molecule has 1 aromatic heterocycles. The number of nitrogens with zero attached hydrogens (tertiary/aromatic N) is 2. The van der Waals surface area contributed by atoms with E-state index in [4.69, 9.17) is 11.6 Å². The minimum Gasteiger partial charge on any atom is -0.331 e. The molecule has 0 fully saturated rings. The number of hydrogen-bond donors (Lipinski definition) is 0. The average Bonchev–Trinajstić information content (AvgIpc) is 2.91. The number of rotatable bonds is 4. The highest BCUT2D eigenvalue weighted by molar-refractivity contribution is 6.31. The maximum Gasteiger partial charge on any atom is 0.417 e. The van der Waals surface area contributed by atoms with Crippen molar-refractivity contribution in [3.05, 3.63) is 63.9 Å². The van der Waals surface area contributed by atoms with Gasteiger partial charge in [-0.3, -0.25) is 0 Å². The molecule has 0 amide bonds. The number of halogens is 4. The van der Waals surface area contributed by atoms with E-state index in [1.165, 1.54) is 6.07 Å². The number of benzene rings is 2.